The zero-order valence-corrected chi connectivity index (χ0v) is 15.7. The molecular formula is C21H17N3O2S. The molecule has 4 rings (SSSR count). The van der Waals surface area contributed by atoms with Crippen molar-refractivity contribution in [3.8, 4) is 11.6 Å². The quantitative estimate of drug-likeness (QED) is 0.645. The topological polar surface area (TPSA) is 70.4 Å². The highest BCUT2D eigenvalue weighted by Gasteiger charge is 2.20. The summed E-state index contributed by atoms with van der Waals surface area (Å²) < 4.78 is 1.62. The van der Waals surface area contributed by atoms with Crippen LogP contribution in [0, 0.1) is 11.7 Å². The predicted octanol–water partition coefficient (Wildman–Crippen LogP) is 4.56. The third-order valence-electron chi connectivity index (χ3n) is 4.64. The fourth-order valence-corrected chi connectivity index (χ4v) is 3.55. The maximum absolute atomic E-state index is 12.6. The summed E-state index contributed by atoms with van der Waals surface area (Å²) in [5.74, 6) is -0.192. The summed E-state index contributed by atoms with van der Waals surface area (Å²) >= 11 is 5.30. The molecular weight excluding hydrogens is 358 g/mol. The molecule has 0 aliphatic carbocycles. The van der Waals surface area contributed by atoms with Gasteiger partial charge < -0.3 is 5.11 Å². The average Bonchev–Trinajstić information content (AvgIpc) is 2.95. The van der Waals surface area contributed by atoms with E-state index in [1.807, 2.05) is 62.4 Å². The molecule has 5 nitrogen and oxygen atoms in total. The van der Waals surface area contributed by atoms with Crippen molar-refractivity contribution in [1.29, 1.82) is 0 Å². The van der Waals surface area contributed by atoms with Crippen LogP contribution in [-0.2, 0) is 0 Å². The second-order valence-corrected chi connectivity index (χ2v) is 6.78. The molecule has 0 amide bonds. The van der Waals surface area contributed by atoms with E-state index in [0.29, 0.717) is 5.69 Å². The van der Waals surface area contributed by atoms with Crippen LogP contribution in [0.2, 0.25) is 0 Å². The van der Waals surface area contributed by atoms with Crippen molar-refractivity contribution in [3.05, 3.63) is 80.3 Å². The van der Waals surface area contributed by atoms with Gasteiger partial charge in [0.2, 0.25) is 5.88 Å². The molecule has 1 aliphatic rings. The van der Waals surface area contributed by atoms with Gasteiger partial charge in [0.15, 0.2) is 4.77 Å². The summed E-state index contributed by atoms with van der Waals surface area (Å²) in [4.78, 5) is 19.7. The molecule has 0 atom stereocenters. The van der Waals surface area contributed by atoms with E-state index in [1.165, 1.54) is 4.57 Å². The van der Waals surface area contributed by atoms with Crippen molar-refractivity contribution in [2.45, 2.75) is 13.8 Å². The lowest BCUT2D eigenvalue weighted by atomic mass is 10.0. The number of hydrogen-bond acceptors (Lipinski definition) is 4. The van der Waals surface area contributed by atoms with Crippen molar-refractivity contribution >= 4 is 35.3 Å². The SMILES string of the molecule is CC1=Nc2ccccc2/C1=C\c1c(O)n(-c2ccccc2C)c(=S)[nH]c1=O. The first-order chi connectivity index (χ1) is 13.0. The van der Waals surface area contributed by atoms with Crippen LogP contribution in [0.1, 0.15) is 23.6 Å². The minimum atomic E-state index is -0.438. The first-order valence-electron chi connectivity index (χ1n) is 8.48. The first-order valence-corrected chi connectivity index (χ1v) is 8.89. The molecule has 1 aromatic heterocycles. The minimum Gasteiger partial charge on any atom is -0.494 e. The van der Waals surface area contributed by atoms with Gasteiger partial charge in [0.1, 0.15) is 5.56 Å². The molecule has 0 saturated heterocycles. The lowest BCUT2D eigenvalue weighted by Crippen LogP contribution is -2.16. The van der Waals surface area contributed by atoms with Gasteiger partial charge in [0, 0.05) is 16.8 Å². The molecule has 0 fully saturated rings. The molecule has 0 radical (unpaired) electrons. The Kier molecular flexibility index (Phi) is 4.12. The third-order valence-corrected chi connectivity index (χ3v) is 4.92. The Morgan fingerprint density at radius 3 is 2.59 bits per heavy atom. The van der Waals surface area contributed by atoms with E-state index in [0.717, 1.165) is 28.1 Å². The molecule has 6 heteroatoms. The van der Waals surface area contributed by atoms with E-state index >= 15 is 0 Å². The van der Waals surface area contributed by atoms with Gasteiger partial charge in [0.25, 0.3) is 5.56 Å². The number of aromatic hydroxyl groups is 1. The van der Waals surface area contributed by atoms with Gasteiger partial charge in [-0.25, -0.2) is 0 Å². The van der Waals surface area contributed by atoms with Gasteiger partial charge in [0.05, 0.1) is 11.4 Å². The van der Waals surface area contributed by atoms with Gasteiger partial charge >= 0.3 is 0 Å². The summed E-state index contributed by atoms with van der Waals surface area (Å²) in [5, 5.41) is 10.9. The van der Waals surface area contributed by atoms with Gasteiger partial charge in [-0.15, -0.1) is 0 Å². The third kappa shape index (κ3) is 2.84. The summed E-state index contributed by atoms with van der Waals surface area (Å²) in [5.41, 5.74) is 4.73. The number of aromatic nitrogens is 2. The highest BCUT2D eigenvalue weighted by Crippen LogP contribution is 2.36. The Bertz CT molecular complexity index is 1250. The number of benzene rings is 2. The zero-order valence-electron chi connectivity index (χ0n) is 14.9. The fraction of sp³-hybridized carbons (Fsp3) is 0.0952. The molecule has 27 heavy (non-hydrogen) atoms. The van der Waals surface area contributed by atoms with E-state index in [2.05, 4.69) is 9.98 Å². The number of hydrogen-bond donors (Lipinski definition) is 2. The van der Waals surface area contributed by atoms with Crippen LogP contribution >= 0.6 is 12.2 Å². The second-order valence-electron chi connectivity index (χ2n) is 6.39. The predicted molar refractivity (Wildman–Crippen MR) is 111 cm³/mol. The van der Waals surface area contributed by atoms with Crippen molar-refractivity contribution in [2.24, 2.45) is 4.99 Å². The molecule has 2 aromatic carbocycles. The molecule has 2 heterocycles. The maximum Gasteiger partial charge on any atom is 0.262 e. The lowest BCUT2D eigenvalue weighted by Gasteiger charge is -2.14. The minimum absolute atomic E-state index is 0.145. The fourth-order valence-electron chi connectivity index (χ4n) is 3.27. The molecule has 134 valence electrons. The van der Waals surface area contributed by atoms with Gasteiger partial charge in [-0.2, -0.15) is 0 Å². The van der Waals surface area contributed by atoms with E-state index in [9.17, 15) is 9.90 Å². The molecule has 0 bridgehead atoms. The van der Waals surface area contributed by atoms with Gasteiger partial charge in [-0.05, 0) is 49.8 Å². The summed E-state index contributed by atoms with van der Waals surface area (Å²) in [7, 11) is 0. The standard InChI is InChI=1S/C21H17N3O2S/c1-12-7-3-6-10-18(12)24-20(26)16(19(25)23-21(24)27)11-15-13(2)22-17-9-5-4-8-14(15)17/h3-11,26H,1-2H3,(H,23,25,27)/b15-11-. The molecule has 0 spiro atoms. The number of para-hydroxylation sites is 2. The second kappa shape index (κ2) is 6.48. The van der Waals surface area contributed by atoms with Crippen molar-refractivity contribution < 1.29 is 5.11 Å². The smallest absolute Gasteiger partial charge is 0.262 e. The summed E-state index contributed by atoms with van der Waals surface area (Å²) in [6.07, 6.45) is 1.67. The average molecular weight is 375 g/mol. The van der Waals surface area contributed by atoms with E-state index in [-0.39, 0.29) is 16.2 Å². The van der Waals surface area contributed by atoms with Crippen LogP contribution in [0.5, 0.6) is 5.88 Å². The molecule has 1 aliphatic heterocycles. The van der Waals surface area contributed by atoms with Crippen LogP contribution in [0.15, 0.2) is 58.3 Å². The van der Waals surface area contributed by atoms with Crippen LogP contribution < -0.4 is 5.56 Å². The van der Waals surface area contributed by atoms with Gasteiger partial charge in [-0.3, -0.25) is 19.3 Å². The number of nitrogens with one attached hydrogen (secondary N) is 1. The van der Waals surface area contributed by atoms with Crippen molar-refractivity contribution in [3.63, 3.8) is 0 Å². The molecule has 0 saturated carbocycles. The maximum atomic E-state index is 12.6. The Labute approximate surface area is 161 Å². The normalized spacial score (nSPS) is 14.3. The Hall–Kier alpha value is -3.25. The highest BCUT2D eigenvalue weighted by molar-refractivity contribution is 7.71. The van der Waals surface area contributed by atoms with Gasteiger partial charge in [-0.1, -0.05) is 36.4 Å². The van der Waals surface area contributed by atoms with Crippen LogP contribution in [0.3, 0.4) is 0 Å². The number of rotatable bonds is 2. The number of aromatic amines is 1. The van der Waals surface area contributed by atoms with Crippen molar-refractivity contribution in [1.82, 2.24) is 9.55 Å². The van der Waals surface area contributed by atoms with Crippen LogP contribution in [-0.4, -0.2) is 20.4 Å². The first kappa shape index (κ1) is 17.2. The summed E-state index contributed by atoms with van der Waals surface area (Å²) in [6.45, 7) is 3.80. The number of H-pyrrole nitrogens is 1. The Balaban J connectivity index is 1.98. The number of aryl methyl sites for hydroxylation is 1. The number of nitrogens with zero attached hydrogens (tertiary/aromatic N) is 2. The van der Waals surface area contributed by atoms with E-state index in [1.54, 1.807) is 6.08 Å². The lowest BCUT2D eigenvalue weighted by molar-refractivity contribution is 0.431. The van der Waals surface area contributed by atoms with E-state index < -0.39 is 5.56 Å². The van der Waals surface area contributed by atoms with Crippen LogP contribution in [0.25, 0.3) is 17.3 Å². The molecule has 0 unspecified atom stereocenters. The zero-order chi connectivity index (χ0) is 19.1. The molecule has 2 N–H and O–H groups in total. The molecule has 3 aromatic rings. The summed E-state index contributed by atoms with van der Waals surface area (Å²) in [6, 6.07) is 15.2. The van der Waals surface area contributed by atoms with Crippen molar-refractivity contribution in [2.75, 3.05) is 0 Å². The largest absolute Gasteiger partial charge is 0.494 e. The number of allylic oxidation sites excluding steroid dienone is 1. The highest BCUT2D eigenvalue weighted by atomic mass is 32.1. The van der Waals surface area contributed by atoms with E-state index in [4.69, 9.17) is 12.2 Å². The Morgan fingerprint density at radius 2 is 1.81 bits per heavy atom. The Morgan fingerprint density at radius 1 is 1.11 bits per heavy atom. The number of fused-ring (bicyclic) bond motifs is 1. The van der Waals surface area contributed by atoms with Crippen LogP contribution in [0.4, 0.5) is 5.69 Å². The number of aliphatic imine (C=N–C) groups is 1. The monoisotopic (exact) mass is 375 g/mol.